The van der Waals surface area contributed by atoms with Crippen molar-refractivity contribution >= 4 is 5.57 Å². The van der Waals surface area contributed by atoms with Crippen molar-refractivity contribution in [3.8, 4) is 5.75 Å². The first-order chi connectivity index (χ1) is 11.1. The van der Waals surface area contributed by atoms with Gasteiger partial charge >= 0.3 is 0 Å². The fourth-order valence-corrected chi connectivity index (χ4v) is 3.18. The Morgan fingerprint density at radius 3 is 2.13 bits per heavy atom. The van der Waals surface area contributed by atoms with Crippen molar-refractivity contribution in [2.24, 2.45) is 0 Å². The van der Waals surface area contributed by atoms with E-state index in [1.165, 1.54) is 28.5 Å². The highest BCUT2D eigenvalue weighted by Crippen LogP contribution is 2.43. The lowest BCUT2D eigenvalue weighted by Gasteiger charge is -2.26. The number of benzene rings is 1. The smallest absolute Gasteiger partial charge is 0.118 e. The molecule has 0 N–H and O–H groups in total. The molecule has 0 unspecified atom stereocenters. The van der Waals surface area contributed by atoms with Crippen molar-refractivity contribution in [2.45, 2.75) is 26.7 Å². The zero-order valence-electron chi connectivity index (χ0n) is 15.0. The maximum absolute atomic E-state index is 5.28. The van der Waals surface area contributed by atoms with Crippen LogP contribution in [0, 0.1) is 31.1 Å². The first-order valence-electron chi connectivity index (χ1n) is 8.36. The first-order valence-corrected chi connectivity index (χ1v) is 8.36. The predicted molar refractivity (Wildman–Crippen MR) is 98.4 cm³/mol. The van der Waals surface area contributed by atoms with E-state index in [0.29, 0.717) is 0 Å². The highest BCUT2D eigenvalue weighted by molar-refractivity contribution is 5.75. The van der Waals surface area contributed by atoms with Gasteiger partial charge in [-0.15, -0.1) is 0 Å². The highest BCUT2D eigenvalue weighted by atomic mass is 16.5. The summed E-state index contributed by atoms with van der Waals surface area (Å²) in [6, 6.07) is 8.43. The van der Waals surface area contributed by atoms with E-state index < -0.39 is 0 Å². The third kappa shape index (κ3) is 4.38. The van der Waals surface area contributed by atoms with Crippen LogP contribution in [0.4, 0.5) is 0 Å². The molecule has 0 amide bonds. The summed E-state index contributed by atoms with van der Waals surface area (Å²) in [5.41, 5.74) is 4.18. The van der Waals surface area contributed by atoms with Crippen LogP contribution in [0.5, 0.6) is 5.75 Å². The maximum Gasteiger partial charge on any atom is 0.118 e. The fourth-order valence-electron chi connectivity index (χ4n) is 3.18. The van der Waals surface area contributed by atoms with Crippen molar-refractivity contribution in [1.82, 2.24) is 4.90 Å². The van der Waals surface area contributed by atoms with Crippen molar-refractivity contribution in [3.63, 3.8) is 0 Å². The molecule has 1 aliphatic carbocycles. The standard InChI is InChI=1S/C21H28NO/c1-6-19(16-11-13-18(23-5)14-12-16)20(7-2)21-10-8-9-17(21)15-22(3)4/h8-14H,6-7,15H2,1-5H3/b20-19-. The monoisotopic (exact) mass is 310 g/mol. The summed E-state index contributed by atoms with van der Waals surface area (Å²) in [7, 11) is 5.95. The van der Waals surface area contributed by atoms with Crippen LogP contribution in [0.1, 0.15) is 32.3 Å². The lowest BCUT2D eigenvalue weighted by molar-refractivity contribution is 0.415. The Balaban J connectivity index is 2.34. The van der Waals surface area contributed by atoms with Crippen molar-refractivity contribution in [3.05, 3.63) is 66.5 Å². The molecule has 0 heterocycles. The molecule has 0 spiro atoms. The summed E-state index contributed by atoms with van der Waals surface area (Å²) < 4.78 is 5.28. The molecule has 5 radical (unpaired) electrons. The molecule has 1 saturated carbocycles. The Kier molecular flexibility index (Phi) is 6.71. The van der Waals surface area contributed by atoms with E-state index in [0.717, 1.165) is 25.1 Å². The van der Waals surface area contributed by atoms with Gasteiger partial charge in [0.05, 0.1) is 7.11 Å². The van der Waals surface area contributed by atoms with Crippen LogP contribution < -0.4 is 4.74 Å². The van der Waals surface area contributed by atoms with Gasteiger partial charge in [0.25, 0.3) is 0 Å². The molecule has 0 aliphatic heterocycles. The largest absolute Gasteiger partial charge is 0.497 e. The van der Waals surface area contributed by atoms with E-state index in [1.54, 1.807) is 7.11 Å². The summed E-state index contributed by atoms with van der Waals surface area (Å²) in [5, 5.41) is 0. The van der Waals surface area contributed by atoms with Crippen molar-refractivity contribution in [2.75, 3.05) is 27.7 Å². The number of rotatable bonds is 7. The van der Waals surface area contributed by atoms with E-state index in [4.69, 9.17) is 4.74 Å². The summed E-state index contributed by atoms with van der Waals surface area (Å²) in [6.07, 6.45) is 8.75. The molecule has 1 aromatic carbocycles. The Bertz CT molecular complexity index is 515. The van der Waals surface area contributed by atoms with Gasteiger partial charge in [-0.1, -0.05) is 31.6 Å². The van der Waals surface area contributed by atoms with Crippen LogP contribution in [0.2, 0.25) is 0 Å². The minimum absolute atomic E-state index is 0.906. The van der Waals surface area contributed by atoms with Crippen LogP contribution in [0.25, 0.3) is 5.57 Å². The molecular formula is C21H28NO. The predicted octanol–water partition coefficient (Wildman–Crippen LogP) is 4.61. The third-order valence-corrected chi connectivity index (χ3v) is 4.23. The number of methoxy groups -OCH3 is 1. The van der Waals surface area contributed by atoms with Gasteiger partial charge in [0.15, 0.2) is 0 Å². The Labute approximate surface area is 142 Å². The van der Waals surface area contributed by atoms with Gasteiger partial charge in [-0.3, -0.25) is 0 Å². The van der Waals surface area contributed by atoms with Gasteiger partial charge in [-0.2, -0.15) is 0 Å². The summed E-state index contributed by atoms with van der Waals surface area (Å²) >= 11 is 0. The van der Waals surface area contributed by atoms with Crippen LogP contribution >= 0.6 is 0 Å². The zero-order chi connectivity index (χ0) is 16.8. The van der Waals surface area contributed by atoms with Crippen molar-refractivity contribution < 1.29 is 4.74 Å². The van der Waals surface area contributed by atoms with Gasteiger partial charge in [0.2, 0.25) is 0 Å². The average Bonchev–Trinajstić information content (AvgIpc) is 2.99. The quantitative estimate of drug-likeness (QED) is 0.729. The molecular weight excluding hydrogens is 282 g/mol. The van der Waals surface area contributed by atoms with Crippen molar-refractivity contribution in [1.29, 1.82) is 0 Å². The van der Waals surface area contributed by atoms with E-state index in [-0.39, 0.29) is 0 Å². The number of ether oxygens (including phenoxy) is 1. The summed E-state index contributed by atoms with van der Waals surface area (Å²) in [5.74, 6) is 3.71. The van der Waals surface area contributed by atoms with Gasteiger partial charge in [-0.05, 0) is 69.5 Å². The highest BCUT2D eigenvalue weighted by Gasteiger charge is 2.32. The lowest BCUT2D eigenvalue weighted by atomic mass is 9.81. The molecule has 0 atom stereocenters. The molecule has 0 aromatic heterocycles. The minimum Gasteiger partial charge on any atom is -0.497 e. The molecule has 1 aliphatic rings. The van der Waals surface area contributed by atoms with Crippen LogP contribution in [0.3, 0.4) is 0 Å². The Hall–Kier alpha value is -1.28. The molecule has 23 heavy (non-hydrogen) atoms. The van der Waals surface area contributed by atoms with E-state index in [1.807, 2.05) is 12.1 Å². The summed E-state index contributed by atoms with van der Waals surface area (Å²) in [6.45, 7) is 5.47. The lowest BCUT2D eigenvalue weighted by Crippen LogP contribution is -2.23. The molecule has 2 rings (SSSR count). The zero-order valence-corrected chi connectivity index (χ0v) is 15.0. The molecule has 0 bridgehead atoms. The Morgan fingerprint density at radius 1 is 0.957 bits per heavy atom. The third-order valence-electron chi connectivity index (χ3n) is 4.23. The maximum atomic E-state index is 5.28. The normalized spacial score (nSPS) is 17.7. The minimum atomic E-state index is 0.906. The molecule has 1 fully saturated rings. The van der Waals surface area contributed by atoms with Gasteiger partial charge in [0.1, 0.15) is 5.75 Å². The van der Waals surface area contributed by atoms with Gasteiger partial charge in [-0.25, -0.2) is 0 Å². The van der Waals surface area contributed by atoms with Gasteiger partial charge < -0.3 is 9.64 Å². The number of allylic oxidation sites excluding steroid dienone is 2. The topological polar surface area (TPSA) is 12.5 Å². The molecule has 0 saturated heterocycles. The molecule has 2 nitrogen and oxygen atoms in total. The molecule has 1 aromatic rings. The number of hydrogen-bond acceptors (Lipinski definition) is 2. The second kappa shape index (κ2) is 8.54. The second-order valence-corrected chi connectivity index (χ2v) is 6.10. The molecule has 123 valence electrons. The van der Waals surface area contributed by atoms with E-state index >= 15 is 0 Å². The Morgan fingerprint density at radius 2 is 1.61 bits per heavy atom. The van der Waals surface area contributed by atoms with E-state index in [2.05, 4.69) is 64.2 Å². The van der Waals surface area contributed by atoms with E-state index in [9.17, 15) is 0 Å². The van der Waals surface area contributed by atoms with Gasteiger partial charge in [0, 0.05) is 18.4 Å². The van der Waals surface area contributed by atoms with Crippen LogP contribution in [0.15, 0.2) is 29.8 Å². The van der Waals surface area contributed by atoms with Crippen LogP contribution in [-0.2, 0) is 0 Å². The van der Waals surface area contributed by atoms with Crippen LogP contribution in [-0.4, -0.2) is 32.6 Å². The first kappa shape index (κ1) is 18.1. The summed E-state index contributed by atoms with van der Waals surface area (Å²) in [4.78, 5) is 2.23. The average molecular weight is 310 g/mol. The SMILES string of the molecule is CC/C([C]1[CH][CH][CH][C]1CN(C)C)=C(\CC)c1ccc(OC)cc1. The second-order valence-electron chi connectivity index (χ2n) is 6.10. The fraction of sp³-hybridized carbons (Fsp3) is 0.381. The number of hydrogen-bond donors (Lipinski definition) is 0. The number of nitrogens with zero attached hydrogens (tertiary/aromatic N) is 1. The molecule has 2 heteroatoms.